The summed E-state index contributed by atoms with van der Waals surface area (Å²) in [6, 6.07) is 4.19. The third kappa shape index (κ3) is 4.48. The van der Waals surface area contributed by atoms with E-state index in [4.69, 9.17) is 4.74 Å². The summed E-state index contributed by atoms with van der Waals surface area (Å²) in [5.74, 6) is 1.79. The number of hydrogen-bond acceptors (Lipinski definition) is 4. The molecule has 1 aliphatic rings. The Balaban J connectivity index is 2.02. The molecule has 0 saturated carbocycles. The Morgan fingerprint density at radius 3 is 3.11 bits per heavy atom. The first-order valence-electron chi connectivity index (χ1n) is 7.24. The van der Waals surface area contributed by atoms with Gasteiger partial charge in [0.15, 0.2) is 0 Å². The van der Waals surface area contributed by atoms with Gasteiger partial charge >= 0.3 is 0 Å². The van der Waals surface area contributed by atoms with Gasteiger partial charge in [-0.25, -0.2) is 4.98 Å². The van der Waals surface area contributed by atoms with Crippen LogP contribution < -0.4 is 10.2 Å². The summed E-state index contributed by atoms with van der Waals surface area (Å²) >= 11 is 0. The molecule has 0 spiro atoms. The van der Waals surface area contributed by atoms with Crippen LogP contribution in [0.4, 0.5) is 5.82 Å². The molecule has 0 amide bonds. The molecule has 4 nitrogen and oxygen atoms in total. The van der Waals surface area contributed by atoms with Crippen molar-refractivity contribution >= 4 is 5.82 Å². The van der Waals surface area contributed by atoms with E-state index in [1.165, 1.54) is 5.56 Å². The van der Waals surface area contributed by atoms with Crippen LogP contribution in [0.1, 0.15) is 25.8 Å². The van der Waals surface area contributed by atoms with Gasteiger partial charge in [-0.2, -0.15) is 0 Å². The van der Waals surface area contributed by atoms with Crippen LogP contribution in [-0.2, 0) is 11.3 Å². The third-order valence-electron chi connectivity index (χ3n) is 3.26. The molecule has 0 unspecified atom stereocenters. The van der Waals surface area contributed by atoms with Crippen LogP contribution >= 0.6 is 0 Å². The first-order valence-corrected chi connectivity index (χ1v) is 7.24. The number of ether oxygens (including phenoxy) is 1. The molecule has 106 valence electrons. The zero-order valence-corrected chi connectivity index (χ0v) is 12.1. The first-order chi connectivity index (χ1) is 9.27. The number of nitrogens with one attached hydrogen (secondary N) is 1. The zero-order valence-electron chi connectivity index (χ0n) is 12.1. The van der Waals surface area contributed by atoms with Gasteiger partial charge in [0, 0.05) is 38.0 Å². The summed E-state index contributed by atoms with van der Waals surface area (Å²) in [6.45, 7) is 10.0. The topological polar surface area (TPSA) is 37.4 Å². The summed E-state index contributed by atoms with van der Waals surface area (Å²) in [5, 5.41) is 3.50. The van der Waals surface area contributed by atoms with Crippen LogP contribution in [0.25, 0.3) is 0 Å². The van der Waals surface area contributed by atoms with E-state index >= 15 is 0 Å². The average molecular weight is 263 g/mol. The van der Waals surface area contributed by atoms with Crippen molar-refractivity contribution in [2.45, 2.75) is 26.8 Å². The van der Waals surface area contributed by atoms with Crippen molar-refractivity contribution in [2.24, 2.45) is 5.92 Å². The van der Waals surface area contributed by atoms with Crippen molar-refractivity contribution in [1.29, 1.82) is 0 Å². The zero-order chi connectivity index (χ0) is 13.5. The van der Waals surface area contributed by atoms with Crippen molar-refractivity contribution in [2.75, 3.05) is 37.7 Å². The Labute approximate surface area is 116 Å². The largest absolute Gasteiger partial charge is 0.380 e. The highest BCUT2D eigenvalue weighted by Crippen LogP contribution is 2.18. The second kappa shape index (κ2) is 7.46. The van der Waals surface area contributed by atoms with Crippen LogP contribution in [0.2, 0.25) is 0 Å². The Bertz CT molecular complexity index is 373. The lowest BCUT2D eigenvalue weighted by molar-refractivity contribution is 0.152. The monoisotopic (exact) mass is 263 g/mol. The van der Waals surface area contributed by atoms with E-state index in [1.54, 1.807) is 0 Å². The number of aromatic nitrogens is 1. The predicted molar refractivity (Wildman–Crippen MR) is 78.4 cm³/mol. The normalized spacial score (nSPS) is 16.7. The summed E-state index contributed by atoms with van der Waals surface area (Å²) in [7, 11) is 0. The summed E-state index contributed by atoms with van der Waals surface area (Å²) < 4.78 is 5.51. The molecule has 4 heteroatoms. The Hall–Kier alpha value is -1.13. The van der Waals surface area contributed by atoms with E-state index in [2.05, 4.69) is 35.1 Å². The molecule has 0 radical (unpaired) electrons. The van der Waals surface area contributed by atoms with Gasteiger partial charge in [0.05, 0.1) is 6.61 Å². The minimum atomic E-state index is 0.673. The quantitative estimate of drug-likeness (QED) is 0.882. The maximum absolute atomic E-state index is 5.51. The lowest BCUT2D eigenvalue weighted by Crippen LogP contribution is -2.29. The number of pyridine rings is 1. The van der Waals surface area contributed by atoms with Crippen LogP contribution in [-0.4, -0.2) is 37.8 Å². The minimum absolute atomic E-state index is 0.673. The fourth-order valence-corrected chi connectivity index (χ4v) is 2.31. The van der Waals surface area contributed by atoms with Crippen LogP contribution in [0.3, 0.4) is 0 Å². The molecule has 1 aromatic rings. The van der Waals surface area contributed by atoms with Crippen molar-refractivity contribution in [1.82, 2.24) is 10.3 Å². The molecule has 1 saturated heterocycles. The molecule has 1 aromatic heterocycles. The highest BCUT2D eigenvalue weighted by atomic mass is 16.5. The minimum Gasteiger partial charge on any atom is -0.380 e. The number of anilines is 1. The fourth-order valence-electron chi connectivity index (χ4n) is 2.31. The third-order valence-corrected chi connectivity index (χ3v) is 3.26. The van der Waals surface area contributed by atoms with Crippen molar-refractivity contribution in [3.05, 3.63) is 23.9 Å². The van der Waals surface area contributed by atoms with Crippen molar-refractivity contribution in [3.63, 3.8) is 0 Å². The van der Waals surface area contributed by atoms with Gasteiger partial charge in [-0.1, -0.05) is 19.9 Å². The number of nitrogens with zero attached hydrogens (tertiary/aromatic N) is 2. The fraction of sp³-hybridized carbons (Fsp3) is 0.667. The Morgan fingerprint density at radius 2 is 2.26 bits per heavy atom. The summed E-state index contributed by atoms with van der Waals surface area (Å²) in [4.78, 5) is 6.92. The highest BCUT2D eigenvalue weighted by Gasteiger charge is 2.14. The lowest BCUT2D eigenvalue weighted by Gasteiger charge is -2.23. The number of hydrogen-bond donors (Lipinski definition) is 1. The maximum Gasteiger partial charge on any atom is 0.133 e. The van der Waals surface area contributed by atoms with Crippen molar-refractivity contribution in [3.8, 4) is 0 Å². The van der Waals surface area contributed by atoms with E-state index in [1.807, 2.05) is 12.3 Å². The molecule has 2 heterocycles. The molecule has 1 fully saturated rings. The van der Waals surface area contributed by atoms with E-state index < -0.39 is 0 Å². The van der Waals surface area contributed by atoms with E-state index in [0.29, 0.717) is 5.92 Å². The molecule has 1 N–H and O–H groups in total. The molecule has 0 aromatic carbocycles. The van der Waals surface area contributed by atoms with Crippen LogP contribution in [0, 0.1) is 5.92 Å². The molecule has 0 aliphatic carbocycles. The van der Waals surface area contributed by atoms with E-state index in [-0.39, 0.29) is 0 Å². The van der Waals surface area contributed by atoms with E-state index in [0.717, 1.165) is 51.6 Å². The van der Waals surface area contributed by atoms with Gasteiger partial charge in [-0.3, -0.25) is 0 Å². The van der Waals surface area contributed by atoms with Gasteiger partial charge in [-0.15, -0.1) is 0 Å². The molecule has 2 rings (SSSR count). The van der Waals surface area contributed by atoms with Gasteiger partial charge in [0.2, 0.25) is 0 Å². The molecular weight excluding hydrogens is 238 g/mol. The van der Waals surface area contributed by atoms with Gasteiger partial charge in [0.1, 0.15) is 5.82 Å². The molecule has 0 bridgehead atoms. The molecule has 19 heavy (non-hydrogen) atoms. The smallest absolute Gasteiger partial charge is 0.133 e. The second-order valence-electron chi connectivity index (χ2n) is 5.46. The SMILES string of the molecule is CC(C)CNCc1cccnc1N1CCCOCC1. The average Bonchev–Trinajstić information content (AvgIpc) is 2.68. The Kier molecular flexibility index (Phi) is 5.61. The Morgan fingerprint density at radius 1 is 1.37 bits per heavy atom. The molecule has 1 aliphatic heterocycles. The van der Waals surface area contributed by atoms with Crippen molar-refractivity contribution < 1.29 is 4.74 Å². The lowest BCUT2D eigenvalue weighted by atomic mass is 10.2. The number of rotatable bonds is 5. The highest BCUT2D eigenvalue weighted by molar-refractivity contribution is 5.46. The summed E-state index contributed by atoms with van der Waals surface area (Å²) in [5.41, 5.74) is 1.28. The van der Waals surface area contributed by atoms with E-state index in [9.17, 15) is 0 Å². The molecular formula is C15H25N3O. The van der Waals surface area contributed by atoms with Crippen LogP contribution in [0.5, 0.6) is 0 Å². The van der Waals surface area contributed by atoms with Gasteiger partial charge in [0.25, 0.3) is 0 Å². The maximum atomic E-state index is 5.51. The summed E-state index contributed by atoms with van der Waals surface area (Å²) in [6.07, 6.45) is 2.96. The van der Waals surface area contributed by atoms with Gasteiger partial charge in [-0.05, 0) is 24.9 Å². The molecule has 0 atom stereocenters. The van der Waals surface area contributed by atoms with Crippen LogP contribution in [0.15, 0.2) is 18.3 Å². The van der Waals surface area contributed by atoms with Gasteiger partial charge < -0.3 is 15.0 Å². The standard InChI is InChI=1S/C15H25N3O/c1-13(2)11-16-12-14-5-3-6-17-15(14)18-7-4-9-19-10-8-18/h3,5-6,13,16H,4,7-12H2,1-2H3. The predicted octanol–water partition coefficient (Wildman–Crippen LogP) is 2.05. The second-order valence-corrected chi connectivity index (χ2v) is 5.46. The first kappa shape index (κ1) is 14.3.